The summed E-state index contributed by atoms with van der Waals surface area (Å²) in [7, 11) is -2.65. The second kappa shape index (κ2) is 7.73. The quantitative estimate of drug-likeness (QED) is 0.718. The standard InChI is InChI=1S/C18H21FN4O5S/c1-27-16-3-2-13(19)10-17(16)29(25,26)22-4-5-23-14(12-22)11-15(20-23)18(24)21-6-8-28-9-7-21/h2-3,10-11H,4-9,12H2,1H3. The molecular weight excluding hydrogens is 403 g/mol. The Hall–Kier alpha value is -2.50. The summed E-state index contributed by atoms with van der Waals surface area (Å²) in [5.41, 5.74) is 0.885. The van der Waals surface area contributed by atoms with Gasteiger partial charge in [0, 0.05) is 19.6 Å². The molecule has 0 unspecified atom stereocenters. The van der Waals surface area contributed by atoms with E-state index in [1.165, 1.54) is 17.5 Å². The van der Waals surface area contributed by atoms with Gasteiger partial charge in [0.1, 0.15) is 16.5 Å². The van der Waals surface area contributed by atoms with E-state index in [0.717, 1.165) is 12.1 Å². The Morgan fingerprint density at radius 2 is 1.93 bits per heavy atom. The lowest BCUT2D eigenvalue weighted by Crippen LogP contribution is -2.41. The maximum atomic E-state index is 13.7. The van der Waals surface area contributed by atoms with Crippen molar-refractivity contribution in [1.82, 2.24) is 19.0 Å². The van der Waals surface area contributed by atoms with Crippen LogP contribution in [0.15, 0.2) is 29.2 Å². The molecule has 1 aromatic heterocycles. The molecule has 0 atom stereocenters. The molecule has 0 aliphatic carbocycles. The average Bonchev–Trinajstić information content (AvgIpc) is 3.17. The van der Waals surface area contributed by atoms with Crippen LogP contribution >= 0.6 is 0 Å². The number of fused-ring (bicyclic) bond motifs is 1. The Morgan fingerprint density at radius 3 is 2.66 bits per heavy atom. The summed E-state index contributed by atoms with van der Waals surface area (Å²) in [6.45, 7) is 2.46. The predicted octanol–water partition coefficient (Wildman–Crippen LogP) is 0.708. The van der Waals surface area contributed by atoms with E-state index in [0.29, 0.717) is 38.5 Å². The van der Waals surface area contributed by atoms with Crippen molar-refractivity contribution in [3.05, 3.63) is 41.5 Å². The number of halogens is 1. The summed E-state index contributed by atoms with van der Waals surface area (Å²) in [6.07, 6.45) is 0. The number of aromatic nitrogens is 2. The summed E-state index contributed by atoms with van der Waals surface area (Å²) in [4.78, 5) is 14.1. The highest BCUT2D eigenvalue weighted by Crippen LogP contribution is 2.29. The normalized spacial score (nSPS) is 17.8. The summed E-state index contributed by atoms with van der Waals surface area (Å²) in [5, 5.41) is 4.34. The van der Waals surface area contributed by atoms with Crippen LogP contribution in [0.4, 0.5) is 4.39 Å². The van der Waals surface area contributed by atoms with Gasteiger partial charge in [0.25, 0.3) is 5.91 Å². The van der Waals surface area contributed by atoms with Crippen molar-refractivity contribution in [2.45, 2.75) is 18.0 Å². The van der Waals surface area contributed by atoms with Gasteiger partial charge in [0.2, 0.25) is 10.0 Å². The van der Waals surface area contributed by atoms with Crippen LogP contribution in [-0.4, -0.2) is 73.3 Å². The van der Waals surface area contributed by atoms with Crippen molar-refractivity contribution in [2.24, 2.45) is 0 Å². The van der Waals surface area contributed by atoms with Crippen LogP contribution in [0, 0.1) is 5.82 Å². The van der Waals surface area contributed by atoms with E-state index in [-0.39, 0.29) is 35.3 Å². The number of ether oxygens (including phenoxy) is 2. The maximum absolute atomic E-state index is 13.7. The Morgan fingerprint density at radius 1 is 1.17 bits per heavy atom. The average molecular weight is 424 g/mol. The van der Waals surface area contributed by atoms with E-state index in [2.05, 4.69) is 5.10 Å². The molecule has 9 nitrogen and oxygen atoms in total. The Balaban J connectivity index is 1.58. The topological polar surface area (TPSA) is 94.0 Å². The summed E-state index contributed by atoms with van der Waals surface area (Å²) in [5.74, 6) is -0.783. The van der Waals surface area contributed by atoms with Crippen molar-refractivity contribution in [2.75, 3.05) is 40.0 Å². The third kappa shape index (κ3) is 3.72. The summed E-state index contributed by atoms with van der Waals surface area (Å²) < 4.78 is 53.1. The molecule has 1 aromatic carbocycles. The number of hydrogen-bond donors (Lipinski definition) is 0. The SMILES string of the molecule is COc1ccc(F)cc1S(=O)(=O)N1CCn2nc(C(=O)N3CCOCC3)cc2C1. The van der Waals surface area contributed by atoms with Crippen molar-refractivity contribution in [3.8, 4) is 5.75 Å². The van der Waals surface area contributed by atoms with Gasteiger partial charge in [-0.2, -0.15) is 9.40 Å². The lowest BCUT2D eigenvalue weighted by Gasteiger charge is -2.27. The van der Waals surface area contributed by atoms with Crippen molar-refractivity contribution >= 4 is 15.9 Å². The highest BCUT2D eigenvalue weighted by atomic mass is 32.2. The first-order valence-electron chi connectivity index (χ1n) is 9.17. The molecule has 0 bridgehead atoms. The number of hydrogen-bond acceptors (Lipinski definition) is 6. The van der Waals surface area contributed by atoms with Crippen LogP contribution in [0.5, 0.6) is 5.75 Å². The number of amides is 1. The van der Waals surface area contributed by atoms with Crippen LogP contribution in [0.25, 0.3) is 0 Å². The van der Waals surface area contributed by atoms with Gasteiger partial charge in [-0.15, -0.1) is 0 Å². The largest absolute Gasteiger partial charge is 0.495 e. The van der Waals surface area contributed by atoms with Gasteiger partial charge >= 0.3 is 0 Å². The molecular formula is C18H21FN4O5S. The van der Waals surface area contributed by atoms with Gasteiger partial charge < -0.3 is 14.4 Å². The number of carbonyl (C=O) groups excluding carboxylic acids is 1. The molecule has 1 saturated heterocycles. The monoisotopic (exact) mass is 424 g/mol. The van der Waals surface area contributed by atoms with Crippen molar-refractivity contribution in [3.63, 3.8) is 0 Å². The molecule has 1 amide bonds. The highest BCUT2D eigenvalue weighted by Gasteiger charge is 2.33. The molecule has 3 heterocycles. The first kappa shape index (κ1) is 19.8. The fourth-order valence-electron chi connectivity index (χ4n) is 3.47. The number of morpholine rings is 1. The minimum absolute atomic E-state index is 0.0331. The van der Waals surface area contributed by atoms with Crippen LogP contribution in [-0.2, 0) is 27.8 Å². The molecule has 1 fully saturated rings. The van der Waals surface area contributed by atoms with Crippen molar-refractivity contribution in [1.29, 1.82) is 0 Å². The minimum atomic E-state index is -3.99. The number of carbonyl (C=O) groups is 1. The van der Waals surface area contributed by atoms with E-state index in [1.807, 2.05) is 0 Å². The van der Waals surface area contributed by atoms with E-state index in [4.69, 9.17) is 9.47 Å². The number of nitrogens with zero attached hydrogens (tertiary/aromatic N) is 4. The number of rotatable bonds is 4. The predicted molar refractivity (Wildman–Crippen MR) is 99.5 cm³/mol. The number of sulfonamides is 1. The minimum Gasteiger partial charge on any atom is -0.495 e. The van der Waals surface area contributed by atoms with Crippen LogP contribution in [0.3, 0.4) is 0 Å². The van der Waals surface area contributed by atoms with Crippen LogP contribution in [0.1, 0.15) is 16.2 Å². The van der Waals surface area contributed by atoms with Crippen molar-refractivity contribution < 1.29 is 27.1 Å². The first-order valence-corrected chi connectivity index (χ1v) is 10.6. The van der Waals surface area contributed by atoms with E-state index in [9.17, 15) is 17.6 Å². The highest BCUT2D eigenvalue weighted by molar-refractivity contribution is 7.89. The second-order valence-electron chi connectivity index (χ2n) is 6.78. The molecule has 11 heteroatoms. The molecule has 0 radical (unpaired) electrons. The zero-order valence-electron chi connectivity index (χ0n) is 15.9. The molecule has 4 rings (SSSR count). The molecule has 2 aromatic rings. The summed E-state index contributed by atoms with van der Waals surface area (Å²) >= 11 is 0. The maximum Gasteiger partial charge on any atom is 0.274 e. The molecule has 0 N–H and O–H groups in total. The van der Waals surface area contributed by atoms with E-state index >= 15 is 0 Å². The lowest BCUT2D eigenvalue weighted by molar-refractivity contribution is 0.0298. The van der Waals surface area contributed by atoms with Gasteiger partial charge in [-0.3, -0.25) is 9.48 Å². The zero-order valence-corrected chi connectivity index (χ0v) is 16.7. The third-order valence-corrected chi connectivity index (χ3v) is 6.89. The van der Waals surface area contributed by atoms with Gasteiger partial charge in [-0.05, 0) is 24.3 Å². The molecule has 0 saturated carbocycles. The second-order valence-corrected chi connectivity index (χ2v) is 8.69. The molecule has 29 heavy (non-hydrogen) atoms. The fourth-order valence-corrected chi connectivity index (χ4v) is 5.04. The van der Waals surface area contributed by atoms with Gasteiger partial charge in [0.05, 0.1) is 39.1 Å². The molecule has 2 aliphatic heterocycles. The Bertz CT molecular complexity index is 1030. The Labute approximate surface area is 167 Å². The van der Waals surface area contributed by atoms with E-state index < -0.39 is 15.8 Å². The molecule has 156 valence electrons. The van der Waals surface area contributed by atoms with Crippen LogP contribution in [0.2, 0.25) is 0 Å². The zero-order chi connectivity index (χ0) is 20.6. The number of methoxy groups -OCH3 is 1. The lowest BCUT2D eigenvalue weighted by atomic mass is 10.3. The Kier molecular flexibility index (Phi) is 5.28. The van der Waals surface area contributed by atoms with E-state index in [1.54, 1.807) is 15.6 Å². The van der Waals surface area contributed by atoms with Gasteiger partial charge in [0.15, 0.2) is 5.69 Å². The van der Waals surface area contributed by atoms with Gasteiger partial charge in [-0.1, -0.05) is 0 Å². The smallest absolute Gasteiger partial charge is 0.274 e. The molecule has 0 spiro atoms. The fraction of sp³-hybridized carbons (Fsp3) is 0.444. The molecule has 2 aliphatic rings. The summed E-state index contributed by atoms with van der Waals surface area (Å²) in [6, 6.07) is 5.00. The van der Waals surface area contributed by atoms with Crippen LogP contribution < -0.4 is 4.74 Å². The number of benzene rings is 1. The third-order valence-electron chi connectivity index (χ3n) is 5.02. The van der Waals surface area contributed by atoms with Gasteiger partial charge in [-0.25, -0.2) is 12.8 Å². The first-order chi connectivity index (χ1) is 13.9.